The van der Waals surface area contributed by atoms with Crippen molar-refractivity contribution < 1.29 is 45.7 Å². The van der Waals surface area contributed by atoms with E-state index >= 15 is 0 Å². The van der Waals surface area contributed by atoms with Crippen LogP contribution in [0.1, 0.15) is 41.6 Å². The minimum absolute atomic E-state index is 0.00103. The van der Waals surface area contributed by atoms with Gasteiger partial charge < -0.3 is 20.3 Å². The molecule has 0 saturated carbocycles. The van der Waals surface area contributed by atoms with Gasteiger partial charge in [-0.3, -0.25) is 4.79 Å². The zero-order chi connectivity index (χ0) is 25.1. The number of carbonyl (C=O) groups is 1. The summed E-state index contributed by atoms with van der Waals surface area (Å²) in [5.41, 5.74) is 1.29. The molecule has 2 saturated heterocycles. The Morgan fingerprint density at radius 2 is 1.85 bits per heavy atom. The number of alkyl halides is 6. The van der Waals surface area contributed by atoms with Crippen molar-refractivity contribution in [3.05, 3.63) is 58.8 Å². The number of rotatable bonds is 5. The van der Waals surface area contributed by atoms with Crippen molar-refractivity contribution in [2.45, 2.75) is 49.4 Å². The summed E-state index contributed by atoms with van der Waals surface area (Å²) in [6.07, 6.45) is -12.3. The lowest BCUT2D eigenvalue weighted by atomic mass is 9.66. The normalized spacial score (nSPS) is 28.8. The molecule has 0 radical (unpaired) electrons. The van der Waals surface area contributed by atoms with Crippen LogP contribution in [0, 0.1) is 5.92 Å². The molecule has 6 nitrogen and oxygen atoms in total. The van der Waals surface area contributed by atoms with Crippen molar-refractivity contribution in [3.63, 3.8) is 0 Å². The van der Waals surface area contributed by atoms with Gasteiger partial charge in [-0.15, -0.1) is 0 Å². The lowest BCUT2D eigenvalue weighted by Gasteiger charge is -2.36. The summed E-state index contributed by atoms with van der Waals surface area (Å²) in [6, 6.07) is 5.48. The fourth-order valence-electron chi connectivity index (χ4n) is 4.93. The van der Waals surface area contributed by atoms with Gasteiger partial charge in [-0.2, -0.15) is 26.3 Å². The van der Waals surface area contributed by atoms with E-state index in [2.05, 4.69) is 4.98 Å². The fraction of sp³-hybridized carbons (Fsp3) is 0.455. The molecule has 2 aromatic rings. The number of nitrogens with zero attached hydrogens (tertiary/aromatic N) is 1. The average Bonchev–Trinajstić information content (AvgIpc) is 3.26. The number of carbonyl (C=O) groups excluding carboxylic acids is 1. The van der Waals surface area contributed by atoms with Crippen molar-refractivity contribution in [1.29, 1.82) is 0 Å². The molecule has 34 heavy (non-hydrogen) atoms. The minimum Gasteiger partial charge on any atom is -0.478 e. The van der Waals surface area contributed by atoms with Crippen LogP contribution in [0.4, 0.5) is 26.3 Å². The van der Waals surface area contributed by atoms with E-state index in [1.807, 2.05) is 0 Å². The van der Waals surface area contributed by atoms with Gasteiger partial charge in [0, 0.05) is 18.4 Å². The van der Waals surface area contributed by atoms with Crippen LogP contribution >= 0.6 is 0 Å². The van der Waals surface area contributed by atoms with Crippen LogP contribution in [0.25, 0.3) is 0 Å². The topological polar surface area (TPSA) is 94.7 Å². The zero-order valence-electron chi connectivity index (χ0n) is 17.7. The summed E-state index contributed by atoms with van der Waals surface area (Å²) in [5.74, 6) is -3.92. The predicted octanol–water partition coefficient (Wildman–Crippen LogP) is 3.76. The highest BCUT2D eigenvalue weighted by atomic mass is 19.4. The number of primary amides is 1. The van der Waals surface area contributed by atoms with Gasteiger partial charge in [0.2, 0.25) is 11.8 Å². The Balaban J connectivity index is 1.88. The van der Waals surface area contributed by atoms with Crippen molar-refractivity contribution in [3.8, 4) is 5.88 Å². The van der Waals surface area contributed by atoms with E-state index in [4.69, 9.17) is 15.2 Å². The van der Waals surface area contributed by atoms with Gasteiger partial charge in [0.15, 0.2) is 0 Å². The van der Waals surface area contributed by atoms with Crippen LogP contribution in [-0.4, -0.2) is 34.8 Å². The molecule has 2 bridgehead atoms. The molecule has 5 unspecified atom stereocenters. The molecule has 0 spiro atoms. The molecule has 3 N–H and O–H groups in total. The molecule has 2 fully saturated rings. The Bertz CT molecular complexity index is 1110. The quantitative estimate of drug-likeness (QED) is 0.623. The summed E-state index contributed by atoms with van der Waals surface area (Å²) >= 11 is 0. The highest BCUT2D eigenvalue weighted by Gasteiger charge is 2.67. The molecule has 1 aromatic heterocycles. The van der Waals surface area contributed by atoms with Gasteiger partial charge in [-0.25, -0.2) is 4.98 Å². The van der Waals surface area contributed by atoms with Gasteiger partial charge in [0.1, 0.15) is 5.60 Å². The number of nitrogens with two attached hydrogens (primary N) is 1. The number of aliphatic hydroxyl groups excluding tert-OH is 1. The van der Waals surface area contributed by atoms with Crippen molar-refractivity contribution in [2.24, 2.45) is 11.7 Å². The standard InChI is InChI=1S/C22H20F6N2O4/c1-2-33-15-8-12(22(26,27)28)7-14(30-15)20-9-13(31)18(34-20)16(17(20)19(29)32)10-4-3-5-11(6-10)21(23,24)25/h3-8,13,16-18,31H,2,9H2,1H3,(H2,29,32). The smallest absolute Gasteiger partial charge is 0.416 e. The number of benzene rings is 1. The maximum Gasteiger partial charge on any atom is 0.416 e. The van der Waals surface area contributed by atoms with E-state index in [9.17, 15) is 36.2 Å². The zero-order valence-corrected chi connectivity index (χ0v) is 17.7. The lowest BCUT2D eigenvalue weighted by molar-refractivity contribution is -0.138. The van der Waals surface area contributed by atoms with Crippen molar-refractivity contribution in [2.75, 3.05) is 6.61 Å². The van der Waals surface area contributed by atoms with Crippen LogP contribution < -0.4 is 10.5 Å². The SMILES string of the molecule is CCOc1cc(C(F)(F)F)cc(C23CC(O)C(O2)C(c2cccc(C(F)(F)F)c2)C3C(N)=O)n1. The Morgan fingerprint density at radius 1 is 1.18 bits per heavy atom. The summed E-state index contributed by atoms with van der Waals surface area (Å²) < 4.78 is 91.6. The number of amides is 1. The number of aromatic nitrogens is 1. The summed E-state index contributed by atoms with van der Waals surface area (Å²) in [6.45, 7) is 1.54. The molecule has 0 aliphatic carbocycles. The Kier molecular flexibility index (Phi) is 5.80. The van der Waals surface area contributed by atoms with Gasteiger partial charge in [0.25, 0.3) is 0 Å². The predicted molar refractivity (Wildman–Crippen MR) is 104 cm³/mol. The van der Waals surface area contributed by atoms with Gasteiger partial charge in [0.05, 0.1) is 41.6 Å². The van der Waals surface area contributed by atoms with Gasteiger partial charge >= 0.3 is 12.4 Å². The van der Waals surface area contributed by atoms with Crippen LogP contribution in [0.3, 0.4) is 0 Å². The number of hydrogen-bond donors (Lipinski definition) is 2. The highest BCUT2D eigenvalue weighted by molar-refractivity contribution is 5.80. The first-order valence-electron chi connectivity index (χ1n) is 10.3. The first-order valence-corrected chi connectivity index (χ1v) is 10.3. The third-order valence-electron chi connectivity index (χ3n) is 6.21. The third kappa shape index (κ3) is 3.98. The van der Waals surface area contributed by atoms with E-state index in [1.54, 1.807) is 0 Å². The minimum atomic E-state index is -4.79. The van der Waals surface area contributed by atoms with E-state index in [1.165, 1.54) is 13.0 Å². The summed E-state index contributed by atoms with van der Waals surface area (Å²) in [5, 5.41) is 10.6. The molecule has 1 aromatic carbocycles. The largest absolute Gasteiger partial charge is 0.478 e. The maximum absolute atomic E-state index is 13.6. The second-order valence-corrected chi connectivity index (χ2v) is 8.28. The molecule has 2 aliphatic rings. The molecule has 12 heteroatoms. The van der Waals surface area contributed by atoms with Crippen molar-refractivity contribution >= 4 is 5.91 Å². The third-order valence-corrected chi connectivity index (χ3v) is 6.21. The number of halogens is 6. The molecule has 2 aliphatic heterocycles. The molecule has 3 heterocycles. The molecule has 5 atom stereocenters. The number of hydrogen-bond acceptors (Lipinski definition) is 5. The molecule has 184 valence electrons. The van der Waals surface area contributed by atoms with E-state index < -0.39 is 59.0 Å². The van der Waals surface area contributed by atoms with Gasteiger partial charge in [-0.05, 0) is 24.6 Å². The summed E-state index contributed by atoms with van der Waals surface area (Å²) in [7, 11) is 0. The van der Waals surface area contributed by atoms with Crippen LogP contribution in [-0.2, 0) is 27.5 Å². The Morgan fingerprint density at radius 3 is 2.44 bits per heavy atom. The number of fused-ring (bicyclic) bond motifs is 2. The van der Waals surface area contributed by atoms with E-state index in [0.29, 0.717) is 12.1 Å². The molecular weight excluding hydrogens is 470 g/mol. The lowest BCUT2D eigenvalue weighted by Crippen LogP contribution is -2.47. The number of pyridine rings is 1. The first kappa shape index (κ1) is 24.3. The van der Waals surface area contributed by atoms with Crippen LogP contribution in [0.2, 0.25) is 0 Å². The molecular formula is C22H20F6N2O4. The van der Waals surface area contributed by atoms with Crippen LogP contribution in [0.5, 0.6) is 5.88 Å². The fourth-order valence-corrected chi connectivity index (χ4v) is 4.93. The molecule has 1 amide bonds. The van der Waals surface area contributed by atoms with E-state index in [-0.39, 0.29) is 30.2 Å². The molecule has 4 rings (SSSR count). The summed E-state index contributed by atoms with van der Waals surface area (Å²) in [4.78, 5) is 16.7. The number of ether oxygens (including phenoxy) is 2. The average molecular weight is 490 g/mol. The Labute approximate surface area is 189 Å². The van der Waals surface area contributed by atoms with Crippen molar-refractivity contribution in [1.82, 2.24) is 4.98 Å². The Hall–Kier alpha value is -2.86. The second kappa shape index (κ2) is 8.12. The monoisotopic (exact) mass is 490 g/mol. The van der Waals surface area contributed by atoms with E-state index in [0.717, 1.165) is 18.2 Å². The van der Waals surface area contributed by atoms with Crippen LogP contribution in [0.15, 0.2) is 36.4 Å². The first-order chi connectivity index (χ1) is 15.8. The second-order valence-electron chi connectivity index (χ2n) is 8.28. The highest BCUT2D eigenvalue weighted by Crippen LogP contribution is 2.60. The number of aliphatic hydroxyl groups is 1. The van der Waals surface area contributed by atoms with Gasteiger partial charge in [-0.1, -0.05) is 18.2 Å². The maximum atomic E-state index is 13.6.